The summed E-state index contributed by atoms with van der Waals surface area (Å²) in [6, 6.07) is 12.5. The summed E-state index contributed by atoms with van der Waals surface area (Å²) in [6.45, 7) is 0.422. The lowest BCUT2D eigenvalue weighted by molar-refractivity contribution is 0.477. The number of rotatable bonds is 3. The third-order valence-corrected chi connectivity index (χ3v) is 4.17. The molecule has 0 aromatic heterocycles. The van der Waals surface area contributed by atoms with Crippen molar-refractivity contribution >= 4 is 0 Å². The van der Waals surface area contributed by atoms with Gasteiger partial charge >= 0.3 is 0 Å². The molecule has 1 aliphatic rings. The molecule has 0 bridgehead atoms. The zero-order valence-corrected chi connectivity index (χ0v) is 11.9. The van der Waals surface area contributed by atoms with Crippen LogP contribution in [0.2, 0.25) is 0 Å². The number of nitrogens with one attached hydrogen (secondary N) is 1. The number of hydrogen-bond donors (Lipinski definition) is 1. The van der Waals surface area contributed by atoms with Crippen molar-refractivity contribution in [2.24, 2.45) is 0 Å². The average Bonchev–Trinajstić information content (AvgIpc) is 2.69. The fourth-order valence-corrected chi connectivity index (χ4v) is 3.03. The normalized spacial score (nSPS) is 18.1. The maximum atomic E-state index is 13.7. The van der Waals surface area contributed by atoms with E-state index in [2.05, 4.69) is 29.6 Å². The van der Waals surface area contributed by atoms with E-state index in [1.165, 1.54) is 29.7 Å². The highest BCUT2D eigenvalue weighted by atomic mass is 19.1. The molecule has 0 saturated carbocycles. The fraction of sp³-hybridized carbons (Fsp3) is 0.333. The van der Waals surface area contributed by atoms with Crippen molar-refractivity contribution in [3.8, 4) is 0 Å². The van der Waals surface area contributed by atoms with E-state index in [9.17, 15) is 8.78 Å². The Morgan fingerprint density at radius 1 is 1.05 bits per heavy atom. The van der Waals surface area contributed by atoms with Crippen LogP contribution in [-0.2, 0) is 13.0 Å². The largest absolute Gasteiger partial charge is 0.306 e. The maximum absolute atomic E-state index is 13.7. The number of halogens is 2. The molecular formula is C18H19F2N. The number of fused-ring (bicyclic) bond motifs is 1. The summed E-state index contributed by atoms with van der Waals surface area (Å²) >= 11 is 0. The highest BCUT2D eigenvalue weighted by Crippen LogP contribution is 2.28. The quantitative estimate of drug-likeness (QED) is 0.818. The first-order valence-corrected chi connectivity index (χ1v) is 7.49. The van der Waals surface area contributed by atoms with Crippen LogP contribution in [0, 0.1) is 11.6 Å². The molecule has 110 valence electrons. The van der Waals surface area contributed by atoms with Gasteiger partial charge in [0, 0.05) is 24.2 Å². The summed E-state index contributed by atoms with van der Waals surface area (Å²) in [7, 11) is 0. The second-order valence-electron chi connectivity index (χ2n) is 5.61. The third kappa shape index (κ3) is 3.30. The Kier molecular flexibility index (Phi) is 4.30. The smallest absolute Gasteiger partial charge is 0.130 e. The third-order valence-electron chi connectivity index (χ3n) is 4.17. The van der Waals surface area contributed by atoms with Crippen molar-refractivity contribution in [1.29, 1.82) is 0 Å². The summed E-state index contributed by atoms with van der Waals surface area (Å²) in [5.74, 6) is -1.01. The Bertz CT molecular complexity index is 624. The highest BCUT2D eigenvalue weighted by molar-refractivity contribution is 5.31. The summed E-state index contributed by atoms with van der Waals surface area (Å²) in [4.78, 5) is 0. The molecule has 21 heavy (non-hydrogen) atoms. The molecule has 0 radical (unpaired) electrons. The summed E-state index contributed by atoms with van der Waals surface area (Å²) in [5.41, 5.74) is 3.21. The maximum Gasteiger partial charge on any atom is 0.130 e. The van der Waals surface area contributed by atoms with Crippen LogP contribution in [0.5, 0.6) is 0 Å². The molecule has 0 aliphatic heterocycles. The van der Waals surface area contributed by atoms with Crippen molar-refractivity contribution in [3.63, 3.8) is 0 Å². The van der Waals surface area contributed by atoms with E-state index >= 15 is 0 Å². The van der Waals surface area contributed by atoms with Gasteiger partial charge in [-0.05, 0) is 36.5 Å². The van der Waals surface area contributed by atoms with Gasteiger partial charge in [-0.15, -0.1) is 0 Å². The first-order chi connectivity index (χ1) is 10.2. The van der Waals surface area contributed by atoms with Crippen LogP contribution in [-0.4, -0.2) is 0 Å². The highest BCUT2D eigenvalue weighted by Gasteiger charge is 2.18. The van der Waals surface area contributed by atoms with Gasteiger partial charge in [0.25, 0.3) is 0 Å². The van der Waals surface area contributed by atoms with Gasteiger partial charge in [-0.3, -0.25) is 0 Å². The van der Waals surface area contributed by atoms with E-state index in [-0.39, 0.29) is 6.04 Å². The van der Waals surface area contributed by atoms with Crippen molar-refractivity contribution in [3.05, 3.63) is 70.8 Å². The SMILES string of the molecule is Fc1ccc(CNC2CCCCc3ccccc32)c(F)c1. The minimum Gasteiger partial charge on any atom is -0.306 e. The Morgan fingerprint density at radius 3 is 2.76 bits per heavy atom. The lowest BCUT2D eigenvalue weighted by Gasteiger charge is -2.19. The topological polar surface area (TPSA) is 12.0 Å². The van der Waals surface area contributed by atoms with Crippen LogP contribution in [0.3, 0.4) is 0 Å². The molecule has 2 aromatic carbocycles. The fourth-order valence-electron chi connectivity index (χ4n) is 3.03. The first kappa shape index (κ1) is 14.2. The number of aryl methyl sites for hydroxylation is 1. The van der Waals surface area contributed by atoms with Crippen molar-refractivity contribution in [2.75, 3.05) is 0 Å². The van der Waals surface area contributed by atoms with Crippen molar-refractivity contribution in [1.82, 2.24) is 5.32 Å². The number of hydrogen-bond acceptors (Lipinski definition) is 1. The van der Waals surface area contributed by atoms with E-state index in [0.717, 1.165) is 25.3 Å². The Hall–Kier alpha value is -1.74. The lowest BCUT2D eigenvalue weighted by Crippen LogP contribution is -2.21. The predicted octanol–water partition coefficient (Wildman–Crippen LogP) is 4.52. The molecule has 1 N–H and O–H groups in total. The Labute approximate surface area is 124 Å². The second-order valence-corrected chi connectivity index (χ2v) is 5.61. The van der Waals surface area contributed by atoms with Crippen LogP contribution < -0.4 is 5.32 Å². The summed E-state index contributed by atoms with van der Waals surface area (Å²) < 4.78 is 26.6. The standard InChI is InChI=1S/C18H19F2N/c19-15-10-9-14(17(20)11-15)12-21-18-8-4-2-6-13-5-1-3-7-16(13)18/h1,3,5,7,9-11,18,21H,2,4,6,8,12H2. The molecule has 0 spiro atoms. The minimum atomic E-state index is -0.531. The van der Waals surface area contributed by atoms with Gasteiger partial charge in [0.15, 0.2) is 0 Å². The Morgan fingerprint density at radius 2 is 1.90 bits per heavy atom. The van der Waals surface area contributed by atoms with E-state index in [1.54, 1.807) is 0 Å². The van der Waals surface area contributed by atoms with Gasteiger partial charge in [0.05, 0.1) is 0 Å². The molecular weight excluding hydrogens is 268 g/mol. The molecule has 1 aliphatic carbocycles. The molecule has 0 heterocycles. The van der Waals surface area contributed by atoms with Crippen LogP contribution in [0.25, 0.3) is 0 Å². The van der Waals surface area contributed by atoms with Gasteiger partial charge in [-0.1, -0.05) is 36.8 Å². The molecule has 3 heteroatoms. The molecule has 0 saturated heterocycles. The van der Waals surface area contributed by atoms with Gasteiger partial charge in [-0.25, -0.2) is 8.78 Å². The molecule has 2 aromatic rings. The zero-order valence-electron chi connectivity index (χ0n) is 11.9. The molecule has 1 nitrogen and oxygen atoms in total. The average molecular weight is 287 g/mol. The van der Waals surface area contributed by atoms with Crippen LogP contribution >= 0.6 is 0 Å². The van der Waals surface area contributed by atoms with Crippen LogP contribution in [0.1, 0.15) is 42.0 Å². The summed E-state index contributed by atoms with van der Waals surface area (Å²) in [6.07, 6.45) is 4.53. The monoisotopic (exact) mass is 287 g/mol. The van der Waals surface area contributed by atoms with Crippen molar-refractivity contribution < 1.29 is 8.78 Å². The molecule has 1 unspecified atom stereocenters. The van der Waals surface area contributed by atoms with Gasteiger partial charge in [0.2, 0.25) is 0 Å². The second kappa shape index (κ2) is 6.35. The Balaban J connectivity index is 1.75. The van der Waals surface area contributed by atoms with Gasteiger partial charge < -0.3 is 5.32 Å². The molecule has 0 amide bonds. The minimum absolute atomic E-state index is 0.244. The lowest BCUT2D eigenvalue weighted by atomic mass is 9.99. The molecule has 0 fully saturated rings. The molecule has 3 rings (SSSR count). The zero-order chi connectivity index (χ0) is 14.7. The predicted molar refractivity (Wildman–Crippen MR) is 79.9 cm³/mol. The van der Waals surface area contributed by atoms with Crippen LogP contribution in [0.15, 0.2) is 42.5 Å². The van der Waals surface area contributed by atoms with Gasteiger partial charge in [-0.2, -0.15) is 0 Å². The van der Waals surface area contributed by atoms with E-state index in [4.69, 9.17) is 0 Å². The van der Waals surface area contributed by atoms with Gasteiger partial charge in [0.1, 0.15) is 11.6 Å². The van der Waals surface area contributed by atoms with E-state index in [1.807, 2.05) is 0 Å². The first-order valence-electron chi connectivity index (χ1n) is 7.49. The molecule has 1 atom stereocenters. The van der Waals surface area contributed by atoms with E-state index in [0.29, 0.717) is 12.1 Å². The number of benzene rings is 2. The van der Waals surface area contributed by atoms with E-state index < -0.39 is 11.6 Å². The summed E-state index contributed by atoms with van der Waals surface area (Å²) in [5, 5.41) is 3.43. The van der Waals surface area contributed by atoms with Crippen LogP contribution in [0.4, 0.5) is 8.78 Å². The van der Waals surface area contributed by atoms with Crippen molar-refractivity contribution in [2.45, 2.75) is 38.3 Å².